The van der Waals surface area contributed by atoms with Crippen LogP contribution in [0.15, 0.2) is 12.2 Å². The lowest BCUT2D eigenvalue weighted by atomic mass is 10.4. The number of nitriles is 1. The molecule has 0 aliphatic rings. The molecule has 9 heavy (non-hydrogen) atoms. The molecular formula is C5H5NO3. The molecular weight excluding hydrogens is 122 g/mol. The largest absolute Gasteiger partial charge is 0.382 e. The van der Waals surface area contributed by atoms with E-state index in [2.05, 4.69) is 16.4 Å². The SMILES string of the molecule is C=C(C)C(=O)OOC#N. The minimum atomic E-state index is -0.739. The maximum absolute atomic E-state index is 10.3. The van der Waals surface area contributed by atoms with Gasteiger partial charge in [0.1, 0.15) is 0 Å². The molecule has 0 heterocycles. The Balaban J connectivity index is 3.55. The Labute approximate surface area is 52.2 Å². The smallest absolute Gasteiger partial charge is 0.242 e. The minimum Gasteiger partial charge on any atom is -0.242 e. The van der Waals surface area contributed by atoms with E-state index in [4.69, 9.17) is 5.26 Å². The van der Waals surface area contributed by atoms with Gasteiger partial charge in [0.25, 0.3) is 0 Å². The monoisotopic (exact) mass is 127 g/mol. The summed E-state index contributed by atoms with van der Waals surface area (Å²) in [4.78, 5) is 17.8. The lowest BCUT2D eigenvalue weighted by Gasteiger charge is -1.92. The van der Waals surface area contributed by atoms with Crippen LogP contribution in [0.1, 0.15) is 6.92 Å². The Kier molecular flexibility index (Phi) is 2.91. The standard InChI is InChI=1S/C5H5NO3/c1-4(2)5(7)9-8-3-6/h1H2,2H3. The molecule has 0 radical (unpaired) electrons. The van der Waals surface area contributed by atoms with Crippen molar-refractivity contribution in [2.24, 2.45) is 0 Å². The Morgan fingerprint density at radius 1 is 1.78 bits per heavy atom. The molecule has 0 saturated heterocycles. The summed E-state index contributed by atoms with van der Waals surface area (Å²) in [6.45, 7) is 4.69. The molecule has 0 unspecified atom stereocenters. The molecule has 0 rings (SSSR count). The van der Waals surface area contributed by atoms with E-state index in [1.165, 1.54) is 13.2 Å². The zero-order valence-corrected chi connectivity index (χ0v) is 4.88. The number of carbonyl (C=O) groups is 1. The van der Waals surface area contributed by atoms with Crippen molar-refractivity contribution >= 4 is 5.97 Å². The summed E-state index contributed by atoms with van der Waals surface area (Å²) in [7, 11) is 0. The second-order valence-corrected chi connectivity index (χ2v) is 1.33. The number of rotatable bonds is 2. The molecule has 0 fully saturated rings. The molecule has 0 bridgehead atoms. The van der Waals surface area contributed by atoms with Gasteiger partial charge < -0.3 is 0 Å². The van der Waals surface area contributed by atoms with Gasteiger partial charge in [-0.25, -0.2) is 14.6 Å². The summed E-state index contributed by atoms with van der Waals surface area (Å²) in [5.74, 6) is -0.739. The second-order valence-electron chi connectivity index (χ2n) is 1.33. The molecule has 0 aromatic rings. The van der Waals surface area contributed by atoms with Crippen LogP contribution in [0.5, 0.6) is 0 Å². The Hall–Kier alpha value is -1.50. The quantitative estimate of drug-likeness (QED) is 0.235. The molecule has 0 aromatic carbocycles. The van der Waals surface area contributed by atoms with E-state index in [-0.39, 0.29) is 5.57 Å². The predicted molar refractivity (Wildman–Crippen MR) is 27.6 cm³/mol. The highest BCUT2D eigenvalue weighted by molar-refractivity contribution is 5.86. The fourth-order valence-electron chi connectivity index (χ4n) is 0.128. The molecule has 0 aliphatic heterocycles. The van der Waals surface area contributed by atoms with E-state index < -0.39 is 5.97 Å². The summed E-state index contributed by atoms with van der Waals surface area (Å²) in [5.41, 5.74) is 0.185. The normalized spacial score (nSPS) is 7.11. The van der Waals surface area contributed by atoms with E-state index in [1.807, 2.05) is 0 Å². The third kappa shape index (κ3) is 3.12. The van der Waals surface area contributed by atoms with Crippen molar-refractivity contribution in [1.29, 1.82) is 5.26 Å². The van der Waals surface area contributed by atoms with Gasteiger partial charge in [0.05, 0.1) is 0 Å². The fraction of sp³-hybridized carbons (Fsp3) is 0.200. The van der Waals surface area contributed by atoms with Gasteiger partial charge >= 0.3 is 12.2 Å². The van der Waals surface area contributed by atoms with Gasteiger partial charge in [-0.15, -0.1) is 5.26 Å². The van der Waals surface area contributed by atoms with Crippen molar-refractivity contribution in [3.8, 4) is 6.26 Å². The van der Waals surface area contributed by atoms with Gasteiger partial charge in [-0.05, 0) is 6.92 Å². The van der Waals surface area contributed by atoms with Crippen LogP contribution in [-0.4, -0.2) is 5.97 Å². The van der Waals surface area contributed by atoms with Crippen molar-refractivity contribution in [1.82, 2.24) is 0 Å². The average molecular weight is 127 g/mol. The van der Waals surface area contributed by atoms with Gasteiger partial charge in [-0.2, -0.15) is 0 Å². The number of hydrogen-bond donors (Lipinski definition) is 0. The van der Waals surface area contributed by atoms with Gasteiger partial charge in [0.2, 0.25) is 0 Å². The molecule has 48 valence electrons. The first-order valence-electron chi connectivity index (χ1n) is 2.11. The first-order chi connectivity index (χ1) is 4.18. The molecule has 4 heteroatoms. The first kappa shape index (κ1) is 7.50. The van der Waals surface area contributed by atoms with Crippen LogP contribution < -0.4 is 0 Å². The Morgan fingerprint density at radius 3 is 2.67 bits per heavy atom. The zero-order valence-electron chi connectivity index (χ0n) is 4.88. The van der Waals surface area contributed by atoms with Crippen LogP contribution in [0.3, 0.4) is 0 Å². The Bertz CT molecular complexity index is 168. The van der Waals surface area contributed by atoms with E-state index in [1.54, 1.807) is 0 Å². The molecule has 0 aliphatic carbocycles. The number of carbonyl (C=O) groups excluding carboxylic acids is 1. The maximum atomic E-state index is 10.3. The lowest BCUT2D eigenvalue weighted by Crippen LogP contribution is -2.02. The third-order valence-electron chi connectivity index (χ3n) is 0.503. The van der Waals surface area contributed by atoms with Crippen molar-refractivity contribution in [3.05, 3.63) is 12.2 Å². The van der Waals surface area contributed by atoms with Gasteiger partial charge in [0, 0.05) is 5.57 Å². The van der Waals surface area contributed by atoms with E-state index in [0.29, 0.717) is 0 Å². The van der Waals surface area contributed by atoms with Gasteiger partial charge in [-0.3, -0.25) is 0 Å². The van der Waals surface area contributed by atoms with E-state index in [0.717, 1.165) is 0 Å². The first-order valence-corrected chi connectivity index (χ1v) is 2.11. The number of hydrogen-bond acceptors (Lipinski definition) is 4. The van der Waals surface area contributed by atoms with Crippen LogP contribution in [0.25, 0.3) is 0 Å². The Morgan fingerprint density at radius 2 is 2.33 bits per heavy atom. The van der Waals surface area contributed by atoms with Crippen molar-refractivity contribution in [3.63, 3.8) is 0 Å². The molecule has 0 spiro atoms. The summed E-state index contributed by atoms with van der Waals surface area (Å²) in [5, 5.41) is 7.72. The van der Waals surface area contributed by atoms with Crippen molar-refractivity contribution in [2.45, 2.75) is 6.92 Å². The van der Waals surface area contributed by atoms with E-state index >= 15 is 0 Å². The summed E-state index contributed by atoms with van der Waals surface area (Å²) >= 11 is 0. The maximum Gasteiger partial charge on any atom is 0.382 e. The molecule has 0 aromatic heterocycles. The van der Waals surface area contributed by atoms with E-state index in [9.17, 15) is 4.79 Å². The molecule has 0 atom stereocenters. The molecule has 4 nitrogen and oxygen atoms in total. The van der Waals surface area contributed by atoms with Crippen LogP contribution in [0.2, 0.25) is 0 Å². The van der Waals surface area contributed by atoms with Crippen LogP contribution in [0, 0.1) is 11.5 Å². The van der Waals surface area contributed by atoms with Gasteiger partial charge in [-0.1, -0.05) is 6.58 Å². The topological polar surface area (TPSA) is 59.3 Å². The molecule has 0 amide bonds. The molecule has 0 saturated carbocycles. The van der Waals surface area contributed by atoms with Crippen LogP contribution >= 0.6 is 0 Å². The fourth-order valence-corrected chi connectivity index (χ4v) is 0.128. The zero-order chi connectivity index (χ0) is 7.28. The summed E-state index contributed by atoms with van der Waals surface area (Å²) in [6, 6.07) is 0. The highest BCUT2D eigenvalue weighted by Gasteiger charge is 2.02. The highest BCUT2D eigenvalue weighted by Crippen LogP contribution is 1.90. The van der Waals surface area contributed by atoms with Crippen molar-refractivity contribution in [2.75, 3.05) is 0 Å². The van der Waals surface area contributed by atoms with Crippen LogP contribution in [0.4, 0.5) is 0 Å². The minimum absolute atomic E-state index is 0.185. The lowest BCUT2D eigenvalue weighted by molar-refractivity contribution is -0.227. The third-order valence-corrected chi connectivity index (χ3v) is 0.503. The average Bonchev–Trinajstić information content (AvgIpc) is 1.82. The van der Waals surface area contributed by atoms with Crippen molar-refractivity contribution < 1.29 is 14.6 Å². The summed E-state index contributed by atoms with van der Waals surface area (Å²) < 4.78 is 0. The predicted octanol–water partition coefficient (Wildman–Crippen LogP) is 0.518. The van der Waals surface area contributed by atoms with Gasteiger partial charge in [0.15, 0.2) is 0 Å². The van der Waals surface area contributed by atoms with Crippen LogP contribution in [-0.2, 0) is 14.6 Å². The second kappa shape index (κ2) is 3.50. The highest BCUT2D eigenvalue weighted by atomic mass is 17.2. The number of nitrogens with zero attached hydrogens (tertiary/aromatic N) is 1. The summed E-state index contributed by atoms with van der Waals surface area (Å²) in [6.07, 6.45) is 1.17. The molecule has 0 N–H and O–H groups in total.